The third-order valence-electron chi connectivity index (χ3n) is 23.5. The van der Waals surface area contributed by atoms with E-state index in [1.165, 1.54) is 64.2 Å². The summed E-state index contributed by atoms with van der Waals surface area (Å²) < 4.78 is 35.1. The molecule has 6 aromatic rings. The minimum absolute atomic E-state index is 0.157. The van der Waals surface area contributed by atoms with Crippen LogP contribution in [-0.4, -0.2) is 123 Å². The summed E-state index contributed by atoms with van der Waals surface area (Å²) in [6.07, 6.45) is 34.4. The van der Waals surface area contributed by atoms with E-state index < -0.39 is 24.4 Å². The maximum atomic E-state index is 10.0. The fourth-order valence-corrected chi connectivity index (χ4v) is 16.6. The molecule has 1 unspecified atom stereocenters. The van der Waals surface area contributed by atoms with Gasteiger partial charge in [0.15, 0.2) is 0 Å². The lowest BCUT2D eigenvalue weighted by Crippen LogP contribution is -2.24. The van der Waals surface area contributed by atoms with Crippen molar-refractivity contribution in [2.75, 3.05) is 58.0 Å². The Morgan fingerprint density at radius 1 is 0.302 bits per heavy atom. The van der Waals surface area contributed by atoms with Crippen LogP contribution in [0.3, 0.4) is 0 Å². The molecule has 648 valence electrons. The van der Waals surface area contributed by atoms with Gasteiger partial charge in [-0.3, -0.25) is 0 Å². The van der Waals surface area contributed by atoms with E-state index in [9.17, 15) is 46.0 Å². The summed E-state index contributed by atoms with van der Waals surface area (Å²) in [6, 6.07) is 47.0. The average Bonchev–Trinajstić information content (AvgIpc) is 0.904. The van der Waals surface area contributed by atoms with Gasteiger partial charge in [-0.2, -0.15) is 0 Å². The van der Waals surface area contributed by atoms with E-state index in [4.69, 9.17) is 34.2 Å². The number of rotatable bonds is 35. The summed E-state index contributed by atoms with van der Waals surface area (Å²) in [6.45, 7) is 16.2. The SMILES string of the molecule is CCC(O)c1cccc(OCC2CCCCC2)c1.CCCNc1cccc(OCC2CCCCC2)c1.CCC[C@@H](O)c1cccc(OC[C@@H]2CCC[C@@H](O)C2)c1.CCC[C@@H](O)c1cccc(OC[C@H]2CCC[C@@H](O)C2)c1.CCC[C@@H](O)c1cccc(OC[C@H]2CCC[C@H](O)C2)c1.NCC[C@@H](O)c1cccc(OC[C@@H]2CCC[C@H](O)C2)c1. The molecule has 0 bridgehead atoms. The van der Waals surface area contributed by atoms with Crippen LogP contribution in [0, 0.1) is 35.5 Å². The maximum absolute atomic E-state index is 10.0. The summed E-state index contributed by atoms with van der Waals surface area (Å²) in [5.74, 6) is 8.38. The minimum atomic E-state index is -0.528. The zero-order valence-electron chi connectivity index (χ0n) is 71.5. The van der Waals surface area contributed by atoms with Crippen molar-refractivity contribution in [3.63, 3.8) is 0 Å². The van der Waals surface area contributed by atoms with Crippen molar-refractivity contribution in [1.29, 1.82) is 0 Å². The third-order valence-corrected chi connectivity index (χ3v) is 23.5. The number of nitrogens with two attached hydrogens (primary N) is 1. The van der Waals surface area contributed by atoms with Crippen LogP contribution >= 0.6 is 0 Å². The predicted molar refractivity (Wildman–Crippen MR) is 469 cm³/mol. The molecule has 0 aromatic heterocycles. The number of benzene rings is 6. The van der Waals surface area contributed by atoms with E-state index >= 15 is 0 Å². The Hall–Kier alpha value is -6.48. The molecular formula is C99H152N2O15. The van der Waals surface area contributed by atoms with Crippen molar-refractivity contribution in [2.24, 2.45) is 41.2 Å². The van der Waals surface area contributed by atoms with Crippen LogP contribution < -0.4 is 39.5 Å². The van der Waals surface area contributed by atoms with Gasteiger partial charge < -0.3 is 85.4 Å². The average molecular weight is 1610 g/mol. The highest BCUT2D eigenvalue weighted by Gasteiger charge is 2.26. The quantitative estimate of drug-likeness (QED) is 0.0176. The van der Waals surface area contributed by atoms with Gasteiger partial charge in [0.05, 0.1) is 94.6 Å². The minimum Gasteiger partial charge on any atom is -0.493 e. The first-order valence-electron chi connectivity index (χ1n) is 45.4. The summed E-state index contributed by atoms with van der Waals surface area (Å²) in [7, 11) is 0. The Kier molecular flexibility index (Phi) is 47.4. The van der Waals surface area contributed by atoms with Crippen LogP contribution in [0.15, 0.2) is 146 Å². The van der Waals surface area contributed by atoms with Gasteiger partial charge in [0.25, 0.3) is 0 Å². The molecular weight excluding hydrogens is 1460 g/mol. The molecule has 17 heteroatoms. The summed E-state index contributed by atoms with van der Waals surface area (Å²) in [5, 5.41) is 91.8. The number of aliphatic hydroxyl groups is 9. The van der Waals surface area contributed by atoms with Gasteiger partial charge in [-0.05, 0) is 284 Å². The fourth-order valence-electron chi connectivity index (χ4n) is 16.6. The molecule has 12 N–H and O–H groups in total. The second-order valence-corrected chi connectivity index (χ2v) is 33.9. The van der Waals surface area contributed by atoms with Crippen LogP contribution in [-0.2, 0) is 0 Å². The normalized spacial score (nSPS) is 22.2. The molecule has 0 saturated heterocycles. The number of ether oxygens (including phenoxy) is 6. The number of hydrogen-bond acceptors (Lipinski definition) is 17. The maximum Gasteiger partial charge on any atom is 0.121 e. The molecule has 0 heterocycles. The second-order valence-electron chi connectivity index (χ2n) is 33.9. The summed E-state index contributed by atoms with van der Waals surface area (Å²) >= 11 is 0. The first-order valence-corrected chi connectivity index (χ1v) is 45.4. The molecule has 13 atom stereocenters. The van der Waals surface area contributed by atoms with Crippen LogP contribution in [0.5, 0.6) is 34.5 Å². The van der Waals surface area contributed by atoms with Crippen molar-refractivity contribution in [1.82, 2.24) is 0 Å². The van der Waals surface area contributed by atoms with Crippen molar-refractivity contribution in [3.05, 3.63) is 173 Å². The molecule has 0 spiro atoms. The highest BCUT2D eigenvalue weighted by molar-refractivity contribution is 5.48. The van der Waals surface area contributed by atoms with Gasteiger partial charge in [0, 0.05) is 18.3 Å². The van der Waals surface area contributed by atoms with E-state index in [0.29, 0.717) is 63.1 Å². The smallest absolute Gasteiger partial charge is 0.121 e. The Labute approximate surface area is 697 Å². The number of hydrogen-bond donors (Lipinski definition) is 11. The zero-order valence-corrected chi connectivity index (χ0v) is 71.5. The first kappa shape index (κ1) is 96.6. The Morgan fingerprint density at radius 3 is 0.828 bits per heavy atom. The van der Waals surface area contributed by atoms with E-state index in [1.807, 2.05) is 128 Å². The largest absolute Gasteiger partial charge is 0.493 e. The van der Waals surface area contributed by atoms with Crippen LogP contribution in [0.25, 0.3) is 0 Å². The van der Waals surface area contributed by atoms with Gasteiger partial charge in [-0.25, -0.2) is 0 Å². The second kappa shape index (κ2) is 56.9. The lowest BCUT2D eigenvalue weighted by atomic mass is 9.88. The first-order chi connectivity index (χ1) is 56.4. The van der Waals surface area contributed by atoms with Crippen LogP contribution in [0.1, 0.15) is 318 Å². The van der Waals surface area contributed by atoms with Gasteiger partial charge in [-0.15, -0.1) is 0 Å². The topological polar surface area (TPSA) is 275 Å². The molecule has 17 nitrogen and oxygen atoms in total. The molecule has 0 amide bonds. The highest BCUT2D eigenvalue weighted by Crippen LogP contribution is 2.34. The van der Waals surface area contributed by atoms with Crippen molar-refractivity contribution in [3.8, 4) is 34.5 Å². The monoisotopic (exact) mass is 1610 g/mol. The van der Waals surface area contributed by atoms with Crippen molar-refractivity contribution >= 4 is 5.69 Å². The molecule has 6 aromatic carbocycles. The number of nitrogens with one attached hydrogen (secondary N) is 1. The summed E-state index contributed by atoms with van der Waals surface area (Å²) in [4.78, 5) is 0. The Bertz CT molecular complexity index is 3190. The third kappa shape index (κ3) is 38.7. The highest BCUT2D eigenvalue weighted by atomic mass is 16.5. The van der Waals surface area contributed by atoms with Crippen LogP contribution in [0.4, 0.5) is 5.69 Å². The van der Waals surface area contributed by atoms with E-state index in [-0.39, 0.29) is 30.5 Å². The van der Waals surface area contributed by atoms with Gasteiger partial charge in [-0.1, -0.05) is 185 Å². The van der Waals surface area contributed by atoms with Crippen LogP contribution in [0.2, 0.25) is 0 Å². The Morgan fingerprint density at radius 2 is 0.560 bits per heavy atom. The lowest BCUT2D eigenvalue weighted by molar-refractivity contribution is 0.0807. The molecule has 6 fully saturated rings. The number of aliphatic hydroxyl groups excluding tert-OH is 9. The molecule has 6 aliphatic carbocycles. The van der Waals surface area contributed by atoms with Gasteiger partial charge in [0.2, 0.25) is 0 Å². The van der Waals surface area contributed by atoms with Gasteiger partial charge >= 0.3 is 0 Å². The number of anilines is 1. The molecule has 0 aliphatic heterocycles. The van der Waals surface area contributed by atoms with E-state index in [0.717, 1.165) is 254 Å². The summed E-state index contributed by atoms with van der Waals surface area (Å²) in [5.41, 5.74) is 11.2. The molecule has 6 saturated carbocycles. The van der Waals surface area contributed by atoms with E-state index in [1.54, 1.807) is 0 Å². The predicted octanol–water partition coefficient (Wildman–Crippen LogP) is 20.9. The molecule has 12 rings (SSSR count). The van der Waals surface area contributed by atoms with Gasteiger partial charge in [0.1, 0.15) is 34.5 Å². The Balaban J connectivity index is 0.000000193. The van der Waals surface area contributed by atoms with Crippen molar-refractivity contribution in [2.45, 2.75) is 314 Å². The fraction of sp³-hybridized carbons (Fsp3) is 0.636. The van der Waals surface area contributed by atoms with Crippen molar-refractivity contribution < 1.29 is 74.4 Å². The zero-order chi connectivity index (χ0) is 82.9. The standard InChI is InChI=1S/3C17H26O3.C16H25NO3.C16H25NO.C16H24O2/c3*1-2-5-17(19)14-7-4-9-16(11-14)20-12-13-6-3-8-15(18)10-13;17-8-7-16(19)13-4-2-6-15(10-13)20-11-12-3-1-5-14(18)9-12;1-2-11-17-15-9-6-10-16(12-15)18-13-14-7-4-3-5-8-14;1-2-16(17)14-9-6-10-15(11-14)18-12-13-7-4-3-5-8-13/h3*4,7,9,11,13,15,17-19H,2-3,5-6,8,10,12H2,1H3;2,4,6,10,12,14,16,18-19H,1,3,5,7-9,11,17H2;6,9-10,12,14,17H,2-5,7-8,11,13H2,1H3;6,9-11,13,16-17H,2-5,7-8,12H2,1H3/t13-,15+,17+;13-,15-,17+;13-,15-,17-;12-,14+,16-;;/m0011../s1. The molecule has 0 radical (unpaired) electrons. The van der Waals surface area contributed by atoms with E-state index in [2.05, 4.69) is 57.3 Å². The molecule has 6 aliphatic rings. The lowest BCUT2D eigenvalue weighted by Gasteiger charge is -2.25. The molecule has 116 heavy (non-hydrogen) atoms.